The number of carbonyl (C=O) groups is 1. The van der Waals surface area contributed by atoms with Crippen molar-refractivity contribution in [1.82, 2.24) is 5.32 Å². The zero-order valence-corrected chi connectivity index (χ0v) is 12.7. The maximum Gasteiger partial charge on any atom is 0.307 e. The number of hydrogen-bond donors (Lipinski definition) is 3. The molecule has 6 nitrogen and oxygen atoms in total. The van der Waals surface area contributed by atoms with Gasteiger partial charge in [0.15, 0.2) is 11.5 Å². The normalized spacial score (nSPS) is 21.8. The number of carboxylic acids is 1. The summed E-state index contributed by atoms with van der Waals surface area (Å²) in [5.41, 5.74) is 0.589. The number of carboxylic acid groups (broad SMARTS) is 1. The van der Waals surface area contributed by atoms with E-state index in [0.717, 1.165) is 0 Å². The van der Waals surface area contributed by atoms with Gasteiger partial charge >= 0.3 is 5.97 Å². The summed E-state index contributed by atoms with van der Waals surface area (Å²) in [6, 6.07) is 1.45. The molecule has 1 saturated heterocycles. The standard InChI is InChI=1S/C13H16BrNO5/c1-19-9-4-7(14)10(11(16)12(9)20-2)8-3-6(5-15-8)13(17)18/h4,6,8,15-16H,3,5H2,1-2H3,(H,17,18). The molecule has 0 amide bonds. The first-order chi connectivity index (χ1) is 9.49. The van der Waals surface area contributed by atoms with E-state index >= 15 is 0 Å². The Morgan fingerprint density at radius 3 is 2.65 bits per heavy atom. The van der Waals surface area contributed by atoms with Crippen molar-refractivity contribution in [3.05, 3.63) is 16.1 Å². The molecular weight excluding hydrogens is 330 g/mol. The highest BCUT2D eigenvalue weighted by Gasteiger charge is 2.34. The van der Waals surface area contributed by atoms with Gasteiger partial charge in [0, 0.05) is 22.6 Å². The van der Waals surface area contributed by atoms with Crippen molar-refractivity contribution in [2.24, 2.45) is 5.92 Å². The number of phenolic OH excluding ortho intramolecular Hbond substituents is 1. The minimum absolute atomic E-state index is 0.0396. The third-order valence-corrected chi connectivity index (χ3v) is 4.12. The number of aromatic hydroxyl groups is 1. The predicted molar refractivity (Wildman–Crippen MR) is 75.4 cm³/mol. The van der Waals surface area contributed by atoms with E-state index in [0.29, 0.717) is 28.8 Å². The summed E-state index contributed by atoms with van der Waals surface area (Å²) >= 11 is 3.39. The van der Waals surface area contributed by atoms with Gasteiger partial charge in [-0.1, -0.05) is 15.9 Å². The molecule has 1 aromatic rings. The summed E-state index contributed by atoms with van der Waals surface area (Å²) in [6.07, 6.45) is 0.414. The molecule has 1 aromatic carbocycles. The zero-order chi connectivity index (χ0) is 14.9. The molecular formula is C13H16BrNO5. The number of halogens is 1. The summed E-state index contributed by atoms with van der Waals surface area (Å²) in [5.74, 6) is -0.683. The first kappa shape index (κ1) is 14.9. The van der Waals surface area contributed by atoms with Gasteiger partial charge in [0.1, 0.15) is 0 Å². The second kappa shape index (κ2) is 5.88. The Morgan fingerprint density at radius 2 is 2.15 bits per heavy atom. The van der Waals surface area contributed by atoms with Crippen molar-refractivity contribution < 1.29 is 24.5 Å². The number of benzene rings is 1. The minimum atomic E-state index is -0.837. The third-order valence-electron chi connectivity index (χ3n) is 3.46. The van der Waals surface area contributed by atoms with Crippen LogP contribution in [0.1, 0.15) is 18.0 Å². The molecule has 3 N–H and O–H groups in total. The van der Waals surface area contributed by atoms with Gasteiger partial charge in [0.2, 0.25) is 5.75 Å². The van der Waals surface area contributed by atoms with Crippen molar-refractivity contribution in [3.63, 3.8) is 0 Å². The van der Waals surface area contributed by atoms with E-state index in [1.807, 2.05) is 0 Å². The molecule has 2 rings (SSSR count). The smallest absolute Gasteiger partial charge is 0.307 e. The Hall–Kier alpha value is -1.47. The van der Waals surface area contributed by atoms with Gasteiger partial charge in [-0.25, -0.2) is 0 Å². The van der Waals surface area contributed by atoms with Gasteiger partial charge < -0.3 is 25.0 Å². The third kappa shape index (κ3) is 2.55. The van der Waals surface area contributed by atoms with Crippen LogP contribution in [0.5, 0.6) is 17.2 Å². The first-order valence-electron chi connectivity index (χ1n) is 6.09. The molecule has 1 fully saturated rings. The molecule has 1 heterocycles. The zero-order valence-electron chi connectivity index (χ0n) is 11.1. The first-order valence-corrected chi connectivity index (χ1v) is 6.88. The number of rotatable bonds is 4. The van der Waals surface area contributed by atoms with Gasteiger partial charge in [0.05, 0.1) is 20.1 Å². The summed E-state index contributed by atoms with van der Waals surface area (Å²) in [4.78, 5) is 11.0. The molecule has 0 saturated carbocycles. The maximum absolute atomic E-state index is 11.0. The largest absolute Gasteiger partial charge is 0.504 e. The number of aliphatic carboxylic acids is 1. The van der Waals surface area contributed by atoms with Crippen LogP contribution in [0.25, 0.3) is 0 Å². The average Bonchev–Trinajstić information content (AvgIpc) is 2.87. The van der Waals surface area contributed by atoms with Crippen LogP contribution < -0.4 is 14.8 Å². The Morgan fingerprint density at radius 1 is 1.45 bits per heavy atom. The van der Waals surface area contributed by atoms with Crippen LogP contribution in [0.3, 0.4) is 0 Å². The second-order valence-corrected chi connectivity index (χ2v) is 5.44. The number of phenols is 1. The molecule has 0 aliphatic carbocycles. The molecule has 20 heavy (non-hydrogen) atoms. The molecule has 0 radical (unpaired) electrons. The lowest BCUT2D eigenvalue weighted by atomic mass is 9.99. The number of nitrogens with one attached hydrogen (secondary N) is 1. The fourth-order valence-electron chi connectivity index (χ4n) is 2.43. The average molecular weight is 346 g/mol. The number of hydrogen-bond acceptors (Lipinski definition) is 5. The number of methoxy groups -OCH3 is 2. The lowest BCUT2D eigenvalue weighted by molar-refractivity contribution is -0.141. The van der Waals surface area contributed by atoms with Gasteiger partial charge in [0.25, 0.3) is 0 Å². The molecule has 1 aliphatic heterocycles. The van der Waals surface area contributed by atoms with Gasteiger partial charge in [-0.3, -0.25) is 4.79 Å². The van der Waals surface area contributed by atoms with Crippen LogP contribution in [0, 0.1) is 5.92 Å². The summed E-state index contributed by atoms with van der Waals surface area (Å²) < 4.78 is 11.0. The lowest BCUT2D eigenvalue weighted by Crippen LogP contribution is -2.17. The number of ether oxygens (including phenoxy) is 2. The second-order valence-electron chi connectivity index (χ2n) is 4.59. The highest BCUT2D eigenvalue weighted by Crippen LogP contribution is 2.47. The molecule has 2 atom stereocenters. The van der Waals surface area contributed by atoms with Gasteiger partial charge in [-0.2, -0.15) is 0 Å². The highest BCUT2D eigenvalue weighted by atomic mass is 79.9. The van der Waals surface area contributed by atoms with Crippen LogP contribution in [-0.4, -0.2) is 36.9 Å². The van der Waals surface area contributed by atoms with Crippen LogP contribution in [-0.2, 0) is 4.79 Å². The Labute approximate surface area is 124 Å². The lowest BCUT2D eigenvalue weighted by Gasteiger charge is -2.19. The van der Waals surface area contributed by atoms with Crippen LogP contribution >= 0.6 is 15.9 Å². The van der Waals surface area contributed by atoms with E-state index in [1.54, 1.807) is 6.07 Å². The Bertz CT molecular complexity index is 534. The van der Waals surface area contributed by atoms with Crippen LogP contribution in [0.15, 0.2) is 10.5 Å². The van der Waals surface area contributed by atoms with Gasteiger partial charge in [-0.05, 0) is 12.5 Å². The van der Waals surface area contributed by atoms with Crippen molar-refractivity contribution in [3.8, 4) is 17.2 Å². The maximum atomic E-state index is 11.0. The highest BCUT2D eigenvalue weighted by molar-refractivity contribution is 9.10. The molecule has 110 valence electrons. The minimum Gasteiger partial charge on any atom is -0.504 e. The Kier molecular flexibility index (Phi) is 4.39. The van der Waals surface area contributed by atoms with E-state index in [-0.39, 0.29) is 17.5 Å². The quantitative estimate of drug-likeness (QED) is 0.772. The summed E-state index contributed by atoms with van der Waals surface area (Å²) in [7, 11) is 2.93. The van der Waals surface area contributed by atoms with Crippen molar-refractivity contribution in [2.45, 2.75) is 12.5 Å². The fourth-order valence-corrected chi connectivity index (χ4v) is 3.11. The molecule has 0 bridgehead atoms. The summed E-state index contributed by atoms with van der Waals surface area (Å²) in [6.45, 7) is 0.375. The van der Waals surface area contributed by atoms with E-state index in [1.165, 1.54) is 14.2 Å². The fraction of sp³-hybridized carbons (Fsp3) is 0.462. The monoisotopic (exact) mass is 345 g/mol. The predicted octanol–water partition coefficient (Wildman–Crippen LogP) is 1.91. The molecule has 0 aromatic heterocycles. The van der Waals surface area contributed by atoms with Crippen LogP contribution in [0.2, 0.25) is 0 Å². The SMILES string of the molecule is COc1cc(Br)c(C2CC(C(=O)O)CN2)c(O)c1OC. The van der Waals surface area contributed by atoms with E-state index in [9.17, 15) is 9.90 Å². The molecule has 2 unspecified atom stereocenters. The van der Waals surface area contributed by atoms with Crippen molar-refractivity contribution in [1.29, 1.82) is 0 Å². The molecule has 7 heteroatoms. The molecule has 1 aliphatic rings. The van der Waals surface area contributed by atoms with E-state index in [4.69, 9.17) is 14.6 Å². The topological polar surface area (TPSA) is 88.0 Å². The van der Waals surface area contributed by atoms with Crippen LogP contribution in [0.4, 0.5) is 0 Å². The van der Waals surface area contributed by atoms with Crippen molar-refractivity contribution in [2.75, 3.05) is 20.8 Å². The van der Waals surface area contributed by atoms with E-state index < -0.39 is 11.9 Å². The molecule has 0 spiro atoms. The summed E-state index contributed by atoms with van der Waals surface area (Å²) in [5, 5.41) is 22.5. The van der Waals surface area contributed by atoms with Crippen molar-refractivity contribution >= 4 is 21.9 Å². The van der Waals surface area contributed by atoms with Gasteiger partial charge in [-0.15, -0.1) is 0 Å². The Balaban J connectivity index is 2.40. The van der Waals surface area contributed by atoms with E-state index in [2.05, 4.69) is 21.2 Å².